The van der Waals surface area contributed by atoms with Crippen LogP contribution in [0.5, 0.6) is 0 Å². The van der Waals surface area contributed by atoms with Crippen molar-refractivity contribution in [2.75, 3.05) is 32.7 Å². The summed E-state index contributed by atoms with van der Waals surface area (Å²) in [4.78, 5) is 20.9. The van der Waals surface area contributed by atoms with Gasteiger partial charge in [0, 0.05) is 51.7 Å². The lowest BCUT2D eigenvalue weighted by atomic mass is 10.1. The number of pyridine rings is 1. The van der Waals surface area contributed by atoms with Crippen LogP contribution in [0.25, 0.3) is 0 Å². The molecule has 1 aromatic carbocycles. The van der Waals surface area contributed by atoms with E-state index in [9.17, 15) is 4.79 Å². The SMILES string of the molecule is Cc1cccc(CNC(=O)CN2CCN(Cc3ccncc3)CC2)c1. The molecule has 0 spiro atoms. The van der Waals surface area contributed by atoms with E-state index in [1.807, 2.05) is 24.5 Å². The van der Waals surface area contributed by atoms with E-state index < -0.39 is 0 Å². The Labute approximate surface area is 149 Å². The topological polar surface area (TPSA) is 48.5 Å². The minimum Gasteiger partial charge on any atom is -0.351 e. The van der Waals surface area contributed by atoms with Crippen LogP contribution >= 0.6 is 0 Å². The lowest BCUT2D eigenvalue weighted by molar-refractivity contribution is -0.122. The number of piperazine rings is 1. The molecule has 0 atom stereocenters. The number of hydrogen-bond donors (Lipinski definition) is 1. The van der Waals surface area contributed by atoms with Crippen LogP contribution in [0.4, 0.5) is 0 Å². The van der Waals surface area contributed by atoms with Gasteiger partial charge in [-0.3, -0.25) is 19.6 Å². The van der Waals surface area contributed by atoms with E-state index in [0.717, 1.165) is 38.3 Å². The molecule has 132 valence electrons. The van der Waals surface area contributed by atoms with E-state index in [2.05, 4.69) is 51.3 Å². The summed E-state index contributed by atoms with van der Waals surface area (Å²) >= 11 is 0. The highest BCUT2D eigenvalue weighted by Gasteiger charge is 2.18. The maximum absolute atomic E-state index is 12.2. The van der Waals surface area contributed by atoms with E-state index in [0.29, 0.717) is 13.1 Å². The maximum Gasteiger partial charge on any atom is 0.234 e. The second-order valence-corrected chi connectivity index (χ2v) is 6.67. The summed E-state index contributed by atoms with van der Waals surface area (Å²) in [5.41, 5.74) is 3.66. The Morgan fingerprint density at radius 1 is 1.04 bits per heavy atom. The van der Waals surface area contributed by atoms with Gasteiger partial charge in [0.05, 0.1) is 6.54 Å². The van der Waals surface area contributed by atoms with Gasteiger partial charge < -0.3 is 5.32 Å². The van der Waals surface area contributed by atoms with E-state index in [1.54, 1.807) is 0 Å². The number of aromatic nitrogens is 1. The molecular formula is C20H26N4O. The second-order valence-electron chi connectivity index (χ2n) is 6.67. The molecule has 1 aliphatic heterocycles. The molecule has 3 rings (SSSR count). The first kappa shape index (κ1) is 17.6. The molecule has 2 heterocycles. The molecule has 0 unspecified atom stereocenters. The Kier molecular flexibility index (Phi) is 6.14. The van der Waals surface area contributed by atoms with Crippen LogP contribution in [0.3, 0.4) is 0 Å². The minimum absolute atomic E-state index is 0.101. The molecule has 1 aliphatic rings. The summed E-state index contributed by atoms with van der Waals surface area (Å²) < 4.78 is 0. The van der Waals surface area contributed by atoms with Crippen LogP contribution in [0.1, 0.15) is 16.7 Å². The zero-order valence-electron chi connectivity index (χ0n) is 14.8. The number of nitrogens with one attached hydrogen (secondary N) is 1. The predicted octanol–water partition coefficient (Wildman–Crippen LogP) is 1.82. The predicted molar refractivity (Wildman–Crippen MR) is 99.0 cm³/mol. The zero-order chi connectivity index (χ0) is 17.5. The van der Waals surface area contributed by atoms with Crippen LogP contribution in [-0.2, 0) is 17.9 Å². The van der Waals surface area contributed by atoms with E-state index in [4.69, 9.17) is 0 Å². The molecule has 1 fully saturated rings. The van der Waals surface area contributed by atoms with Crippen molar-refractivity contribution in [3.8, 4) is 0 Å². The van der Waals surface area contributed by atoms with Crippen LogP contribution in [0.15, 0.2) is 48.8 Å². The number of carbonyl (C=O) groups excluding carboxylic acids is 1. The van der Waals surface area contributed by atoms with Gasteiger partial charge in [-0.1, -0.05) is 29.8 Å². The van der Waals surface area contributed by atoms with Crippen molar-refractivity contribution in [3.63, 3.8) is 0 Å². The van der Waals surface area contributed by atoms with Crippen molar-refractivity contribution in [1.82, 2.24) is 20.1 Å². The monoisotopic (exact) mass is 338 g/mol. The first-order valence-corrected chi connectivity index (χ1v) is 8.85. The summed E-state index contributed by atoms with van der Waals surface area (Å²) in [6.45, 7) is 7.96. The van der Waals surface area contributed by atoms with Crippen molar-refractivity contribution in [2.45, 2.75) is 20.0 Å². The fourth-order valence-corrected chi connectivity index (χ4v) is 3.13. The maximum atomic E-state index is 12.2. The van der Waals surface area contributed by atoms with Gasteiger partial charge >= 0.3 is 0 Å². The van der Waals surface area contributed by atoms with Crippen LogP contribution in [0.2, 0.25) is 0 Å². The third kappa shape index (κ3) is 5.66. The highest BCUT2D eigenvalue weighted by molar-refractivity contribution is 5.78. The zero-order valence-corrected chi connectivity index (χ0v) is 14.8. The van der Waals surface area contributed by atoms with E-state index in [1.165, 1.54) is 11.1 Å². The van der Waals surface area contributed by atoms with E-state index in [-0.39, 0.29) is 5.91 Å². The third-order valence-electron chi connectivity index (χ3n) is 4.56. The van der Waals surface area contributed by atoms with Crippen LogP contribution in [-0.4, -0.2) is 53.4 Å². The third-order valence-corrected chi connectivity index (χ3v) is 4.56. The van der Waals surface area contributed by atoms with Gasteiger partial charge in [0.2, 0.25) is 5.91 Å². The quantitative estimate of drug-likeness (QED) is 0.873. The number of aryl methyl sites for hydroxylation is 1. The van der Waals surface area contributed by atoms with E-state index >= 15 is 0 Å². The van der Waals surface area contributed by atoms with Gasteiger partial charge in [-0.25, -0.2) is 0 Å². The molecule has 5 heteroatoms. The molecule has 0 bridgehead atoms. The summed E-state index contributed by atoms with van der Waals surface area (Å²) in [5.74, 6) is 0.101. The highest BCUT2D eigenvalue weighted by Crippen LogP contribution is 2.08. The highest BCUT2D eigenvalue weighted by atomic mass is 16.2. The lowest BCUT2D eigenvalue weighted by Crippen LogP contribution is -2.49. The molecule has 1 aromatic heterocycles. The smallest absolute Gasteiger partial charge is 0.234 e. The number of nitrogens with zero attached hydrogens (tertiary/aromatic N) is 3. The fourth-order valence-electron chi connectivity index (χ4n) is 3.13. The lowest BCUT2D eigenvalue weighted by Gasteiger charge is -2.34. The average Bonchev–Trinajstić information content (AvgIpc) is 2.63. The summed E-state index contributed by atoms with van der Waals surface area (Å²) in [7, 11) is 0. The van der Waals surface area contributed by atoms with Crippen molar-refractivity contribution in [3.05, 3.63) is 65.5 Å². The molecule has 1 amide bonds. The van der Waals surface area contributed by atoms with Crippen molar-refractivity contribution in [1.29, 1.82) is 0 Å². The number of amides is 1. The van der Waals surface area contributed by atoms with Gasteiger partial charge in [0.25, 0.3) is 0 Å². The Morgan fingerprint density at radius 3 is 2.48 bits per heavy atom. The Bertz CT molecular complexity index is 681. The molecule has 0 aliphatic carbocycles. The molecule has 0 saturated carbocycles. The number of rotatable bonds is 6. The largest absolute Gasteiger partial charge is 0.351 e. The normalized spacial score (nSPS) is 15.9. The summed E-state index contributed by atoms with van der Waals surface area (Å²) in [6, 6.07) is 12.4. The van der Waals surface area contributed by atoms with Crippen LogP contribution < -0.4 is 5.32 Å². The number of carbonyl (C=O) groups is 1. The second kappa shape index (κ2) is 8.74. The van der Waals surface area contributed by atoms with Gasteiger partial charge in [-0.2, -0.15) is 0 Å². The standard InChI is InChI=1S/C20H26N4O/c1-17-3-2-4-19(13-17)14-22-20(25)16-24-11-9-23(10-12-24)15-18-5-7-21-8-6-18/h2-8,13H,9-12,14-16H2,1H3,(H,22,25). The molecule has 5 nitrogen and oxygen atoms in total. The first-order chi connectivity index (χ1) is 12.2. The van der Waals surface area contributed by atoms with Gasteiger partial charge in [-0.15, -0.1) is 0 Å². The average molecular weight is 338 g/mol. The Balaban J connectivity index is 1.37. The van der Waals surface area contributed by atoms with Gasteiger partial charge in [0.15, 0.2) is 0 Å². The number of benzene rings is 1. The minimum atomic E-state index is 0.101. The molecule has 2 aromatic rings. The van der Waals surface area contributed by atoms with Crippen molar-refractivity contribution < 1.29 is 4.79 Å². The molecular weight excluding hydrogens is 312 g/mol. The first-order valence-electron chi connectivity index (χ1n) is 8.85. The fraction of sp³-hybridized carbons (Fsp3) is 0.400. The van der Waals surface area contributed by atoms with Crippen LogP contribution in [0, 0.1) is 6.92 Å². The molecule has 1 N–H and O–H groups in total. The van der Waals surface area contributed by atoms with Gasteiger partial charge in [0.1, 0.15) is 0 Å². The molecule has 0 radical (unpaired) electrons. The summed E-state index contributed by atoms with van der Waals surface area (Å²) in [5, 5.41) is 3.02. The number of hydrogen-bond acceptors (Lipinski definition) is 4. The van der Waals surface area contributed by atoms with Crippen molar-refractivity contribution >= 4 is 5.91 Å². The Morgan fingerprint density at radius 2 is 1.76 bits per heavy atom. The molecule has 1 saturated heterocycles. The Hall–Kier alpha value is -2.24. The molecule has 25 heavy (non-hydrogen) atoms. The van der Waals surface area contributed by atoms with Gasteiger partial charge in [-0.05, 0) is 30.2 Å². The summed E-state index contributed by atoms with van der Waals surface area (Å²) in [6.07, 6.45) is 3.67. The van der Waals surface area contributed by atoms with Crippen molar-refractivity contribution in [2.24, 2.45) is 0 Å².